The average Bonchev–Trinajstić information content (AvgIpc) is 3.18. The van der Waals surface area contributed by atoms with Crippen molar-refractivity contribution in [2.24, 2.45) is 11.7 Å². The van der Waals surface area contributed by atoms with Crippen LogP contribution in [0.15, 0.2) is 48.5 Å². The number of nitrogens with two attached hydrogens (primary N) is 1. The van der Waals surface area contributed by atoms with Crippen LogP contribution in [0, 0.1) is 5.92 Å². The van der Waals surface area contributed by atoms with Gasteiger partial charge in [-0.2, -0.15) is 0 Å². The van der Waals surface area contributed by atoms with Gasteiger partial charge in [0, 0.05) is 18.5 Å². The number of rotatable bonds is 3. The highest BCUT2D eigenvalue weighted by atomic mass is 32.1. The Morgan fingerprint density at radius 1 is 1.17 bits per heavy atom. The summed E-state index contributed by atoms with van der Waals surface area (Å²) in [6.45, 7) is 0.329. The molecule has 2 heterocycles. The van der Waals surface area contributed by atoms with Crippen molar-refractivity contribution < 1.29 is 9.59 Å². The van der Waals surface area contributed by atoms with Crippen LogP contribution < -0.4 is 10.6 Å². The van der Waals surface area contributed by atoms with Crippen LogP contribution >= 0.6 is 11.3 Å². The van der Waals surface area contributed by atoms with E-state index in [9.17, 15) is 9.59 Å². The van der Waals surface area contributed by atoms with Crippen molar-refractivity contribution in [3.8, 4) is 10.6 Å². The Labute approximate surface area is 142 Å². The number of aromatic nitrogens is 1. The van der Waals surface area contributed by atoms with E-state index >= 15 is 0 Å². The van der Waals surface area contributed by atoms with E-state index in [1.54, 1.807) is 16.2 Å². The molecule has 2 N–H and O–H groups in total. The molecule has 1 aromatic heterocycles. The van der Waals surface area contributed by atoms with Gasteiger partial charge in [-0.05, 0) is 24.3 Å². The van der Waals surface area contributed by atoms with Gasteiger partial charge in [0.2, 0.25) is 11.8 Å². The summed E-state index contributed by atoms with van der Waals surface area (Å²) in [6, 6.07) is 15.6. The minimum absolute atomic E-state index is 0.0765. The molecule has 0 aliphatic carbocycles. The largest absolute Gasteiger partial charge is 0.369 e. The van der Waals surface area contributed by atoms with Gasteiger partial charge in [-0.15, -0.1) is 11.3 Å². The van der Waals surface area contributed by atoms with Crippen LogP contribution in [0.5, 0.6) is 0 Å². The van der Waals surface area contributed by atoms with Gasteiger partial charge in [0.25, 0.3) is 0 Å². The third kappa shape index (κ3) is 2.45. The summed E-state index contributed by atoms with van der Waals surface area (Å²) in [6.07, 6.45) is 0.170. The maximum atomic E-state index is 12.3. The summed E-state index contributed by atoms with van der Waals surface area (Å²) in [4.78, 5) is 30.1. The number of amides is 2. The van der Waals surface area contributed by atoms with Crippen LogP contribution in [0.4, 0.5) is 5.69 Å². The topological polar surface area (TPSA) is 76.3 Å². The zero-order valence-electron chi connectivity index (χ0n) is 12.8. The first-order chi connectivity index (χ1) is 11.6. The number of carbonyl (C=O) groups is 2. The lowest BCUT2D eigenvalue weighted by Gasteiger charge is -2.19. The highest BCUT2D eigenvalue weighted by molar-refractivity contribution is 7.21. The lowest BCUT2D eigenvalue weighted by Crippen LogP contribution is -2.28. The molecule has 1 saturated heterocycles. The molecule has 1 aliphatic rings. The molecule has 1 unspecified atom stereocenters. The van der Waals surface area contributed by atoms with Crippen molar-refractivity contribution in [2.45, 2.75) is 6.42 Å². The molecule has 120 valence electrons. The average molecular weight is 337 g/mol. The van der Waals surface area contributed by atoms with Crippen molar-refractivity contribution in [2.75, 3.05) is 11.4 Å². The van der Waals surface area contributed by atoms with Gasteiger partial charge >= 0.3 is 0 Å². The van der Waals surface area contributed by atoms with Gasteiger partial charge in [0.1, 0.15) is 5.01 Å². The van der Waals surface area contributed by atoms with Gasteiger partial charge in [-0.3, -0.25) is 9.59 Å². The Kier molecular flexibility index (Phi) is 3.54. The Morgan fingerprint density at radius 3 is 2.67 bits per heavy atom. The van der Waals surface area contributed by atoms with Crippen molar-refractivity contribution >= 4 is 39.1 Å². The molecule has 3 aromatic rings. The molecule has 0 bridgehead atoms. The third-order valence-corrected chi connectivity index (χ3v) is 5.32. The molecule has 4 rings (SSSR count). The molecular weight excluding hydrogens is 322 g/mol. The fourth-order valence-corrected chi connectivity index (χ4v) is 4.01. The Bertz CT molecular complexity index is 917. The van der Waals surface area contributed by atoms with Crippen LogP contribution in [-0.4, -0.2) is 23.3 Å². The monoisotopic (exact) mass is 337 g/mol. The predicted octanol–water partition coefficient (Wildman–Crippen LogP) is 2.80. The van der Waals surface area contributed by atoms with E-state index in [0.29, 0.717) is 6.54 Å². The fourth-order valence-electron chi connectivity index (χ4n) is 3.01. The SMILES string of the molecule is NC(=O)C1CC(=O)N(c2ccccc2-c2nc3ccccc3s2)C1. The van der Waals surface area contributed by atoms with Crippen molar-refractivity contribution in [3.63, 3.8) is 0 Å². The van der Waals surface area contributed by atoms with Gasteiger partial charge in [-0.1, -0.05) is 24.3 Å². The summed E-state index contributed by atoms with van der Waals surface area (Å²) in [5.74, 6) is -0.934. The van der Waals surface area contributed by atoms with Crippen LogP contribution in [0.3, 0.4) is 0 Å². The van der Waals surface area contributed by atoms with E-state index in [-0.39, 0.29) is 12.3 Å². The molecule has 2 aromatic carbocycles. The van der Waals surface area contributed by atoms with Crippen LogP contribution in [0.2, 0.25) is 0 Å². The highest BCUT2D eigenvalue weighted by Crippen LogP contribution is 2.38. The van der Waals surface area contributed by atoms with E-state index in [1.165, 1.54) is 0 Å². The molecule has 6 heteroatoms. The van der Waals surface area contributed by atoms with E-state index in [4.69, 9.17) is 5.73 Å². The van der Waals surface area contributed by atoms with Crippen LogP contribution in [0.1, 0.15) is 6.42 Å². The first kappa shape index (κ1) is 14.8. The van der Waals surface area contributed by atoms with Gasteiger partial charge in [0.15, 0.2) is 0 Å². The summed E-state index contributed by atoms with van der Waals surface area (Å²) in [5.41, 5.74) is 8.00. The summed E-state index contributed by atoms with van der Waals surface area (Å²) in [5, 5.41) is 0.863. The zero-order valence-corrected chi connectivity index (χ0v) is 13.6. The molecular formula is C18H15N3O2S. The number of thiazole rings is 1. The maximum absolute atomic E-state index is 12.3. The van der Waals surface area contributed by atoms with Gasteiger partial charge in [0.05, 0.1) is 21.8 Å². The lowest BCUT2D eigenvalue weighted by molar-refractivity contribution is -0.123. The first-order valence-electron chi connectivity index (χ1n) is 7.68. The Morgan fingerprint density at radius 2 is 1.92 bits per heavy atom. The second-order valence-corrected chi connectivity index (χ2v) is 6.84. The summed E-state index contributed by atoms with van der Waals surface area (Å²) < 4.78 is 1.10. The van der Waals surface area contributed by atoms with E-state index in [2.05, 4.69) is 4.98 Å². The second-order valence-electron chi connectivity index (χ2n) is 5.81. The molecule has 5 nitrogen and oxygen atoms in total. The normalized spacial score (nSPS) is 17.6. The second kappa shape index (κ2) is 5.72. The predicted molar refractivity (Wildman–Crippen MR) is 94.7 cm³/mol. The van der Waals surface area contributed by atoms with Crippen molar-refractivity contribution in [3.05, 3.63) is 48.5 Å². The Hall–Kier alpha value is -2.73. The number of primary amides is 1. The number of para-hydroxylation sites is 2. The molecule has 1 aliphatic heterocycles. The number of hydrogen-bond donors (Lipinski definition) is 1. The number of hydrogen-bond acceptors (Lipinski definition) is 4. The number of carbonyl (C=O) groups excluding carboxylic acids is 2. The van der Waals surface area contributed by atoms with Crippen LogP contribution in [0.25, 0.3) is 20.8 Å². The van der Waals surface area contributed by atoms with E-state index in [1.807, 2.05) is 48.5 Å². The molecule has 0 spiro atoms. The number of anilines is 1. The molecule has 0 saturated carbocycles. The van der Waals surface area contributed by atoms with Gasteiger partial charge < -0.3 is 10.6 Å². The quantitative estimate of drug-likeness (QED) is 0.798. The minimum atomic E-state index is -0.430. The molecule has 24 heavy (non-hydrogen) atoms. The number of benzene rings is 2. The maximum Gasteiger partial charge on any atom is 0.227 e. The lowest BCUT2D eigenvalue weighted by atomic mass is 10.1. The zero-order chi connectivity index (χ0) is 16.7. The first-order valence-corrected chi connectivity index (χ1v) is 8.50. The highest BCUT2D eigenvalue weighted by Gasteiger charge is 2.35. The minimum Gasteiger partial charge on any atom is -0.369 e. The Balaban J connectivity index is 1.78. The van der Waals surface area contributed by atoms with Crippen molar-refractivity contribution in [1.82, 2.24) is 4.98 Å². The molecule has 1 atom stereocenters. The smallest absolute Gasteiger partial charge is 0.227 e. The molecule has 2 amide bonds. The summed E-state index contributed by atoms with van der Waals surface area (Å²) >= 11 is 1.59. The van der Waals surface area contributed by atoms with Gasteiger partial charge in [-0.25, -0.2) is 4.98 Å². The third-order valence-electron chi connectivity index (χ3n) is 4.25. The molecule has 0 radical (unpaired) electrons. The summed E-state index contributed by atoms with van der Waals surface area (Å²) in [7, 11) is 0. The standard InChI is InChI=1S/C18H15N3O2S/c19-17(23)11-9-16(22)21(10-11)14-7-3-1-5-12(14)18-20-13-6-2-4-8-15(13)24-18/h1-8,11H,9-10H2,(H2,19,23). The van der Waals surface area contributed by atoms with E-state index < -0.39 is 11.8 Å². The molecule has 1 fully saturated rings. The fraction of sp³-hybridized carbons (Fsp3) is 0.167. The number of fused-ring (bicyclic) bond motifs is 1. The van der Waals surface area contributed by atoms with Crippen molar-refractivity contribution in [1.29, 1.82) is 0 Å². The van der Waals surface area contributed by atoms with Crippen LogP contribution in [-0.2, 0) is 9.59 Å². The number of nitrogens with zero attached hydrogens (tertiary/aromatic N) is 2. The van der Waals surface area contributed by atoms with E-state index in [0.717, 1.165) is 26.5 Å².